The topological polar surface area (TPSA) is 93.8 Å². The molecular formula is C28H31F3N8S. The molecular weight excluding hydrogens is 537 g/mol. The maximum absolute atomic E-state index is 12.9. The minimum absolute atomic E-state index is 0.190. The van der Waals surface area contributed by atoms with Gasteiger partial charge < -0.3 is 9.88 Å². The van der Waals surface area contributed by atoms with E-state index in [4.69, 9.17) is 0 Å². The molecule has 8 nitrogen and oxygen atoms in total. The van der Waals surface area contributed by atoms with Crippen LogP contribution in [0.2, 0.25) is 0 Å². The molecule has 3 N–H and O–H groups in total. The number of nitriles is 1. The molecule has 12 heteroatoms. The number of fused-ring (bicyclic) bond motifs is 2. The van der Waals surface area contributed by atoms with E-state index in [0.29, 0.717) is 27.6 Å². The van der Waals surface area contributed by atoms with E-state index in [0.717, 1.165) is 74.3 Å². The molecule has 5 heterocycles. The standard InChI is InChI=1S/C28H31F3N8S/c1-17-19(2-3-25-23(17)8-21(11-32)39(25)14-18-12-35-36-13-18)15-38-6-4-20(5-7-38)37-26-24-9-22(10-28(29,30)31)40-27(24)34-16-33-26/h2-3,8-9,16,18,20,35-36H,4-7,10,12-15H2,1H3,(H,33,34,37). The van der Waals surface area contributed by atoms with Crippen molar-refractivity contribution in [1.29, 1.82) is 5.26 Å². The highest BCUT2D eigenvalue weighted by molar-refractivity contribution is 7.18. The van der Waals surface area contributed by atoms with E-state index < -0.39 is 12.6 Å². The summed E-state index contributed by atoms with van der Waals surface area (Å²) in [6, 6.07) is 10.5. The number of thiophene rings is 1. The average molecular weight is 569 g/mol. The van der Waals surface area contributed by atoms with Gasteiger partial charge in [0.15, 0.2) is 0 Å². The van der Waals surface area contributed by atoms with Crippen molar-refractivity contribution in [2.45, 2.75) is 51.5 Å². The van der Waals surface area contributed by atoms with Crippen molar-refractivity contribution in [3.8, 4) is 6.07 Å². The summed E-state index contributed by atoms with van der Waals surface area (Å²) in [4.78, 5) is 11.8. The first-order valence-corrected chi connectivity index (χ1v) is 14.4. The zero-order valence-electron chi connectivity index (χ0n) is 22.2. The number of nitrogens with zero attached hydrogens (tertiary/aromatic N) is 5. The van der Waals surface area contributed by atoms with E-state index in [1.54, 1.807) is 6.07 Å². The zero-order chi connectivity index (χ0) is 27.9. The third-order valence-corrected chi connectivity index (χ3v) is 9.05. The van der Waals surface area contributed by atoms with Gasteiger partial charge >= 0.3 is 6.18 Å². The zero-order valence-corrected chi connectivity index (χ0v) is 23.0. The summed E-state index contributed by atoms with van der Waals surface area (Å²) in [6.45, 7) is 7.36. The Bertz CT molecular complexity index is 1560. The Balaban J connectivity index is 1.11. The second-order valence-electron chi connectivity index (χ2n) is 10.8. The van der Waals surface area contributed by atoms with E-state index in [2.05, 4.69) is 60.7 Å². The Morgan fingerprint density at radius 2 is 1.90 bits per heavy atom. The predicted octanol–water partition coefficient (Wildman–Crippen LogP) is 4.73. The summed E-state index contributed by atoms with van der Waals surface area (Å²) in [5, 5.41) is 15.0. The minimum atomic E-state index is -4.25. The van der Waals surface area contributed by atoms with Gasteiger partial charge in [-0.3, -0.25) is 15.8 Å². The normalized spacial score (nSPS) is 17.7. The molecule has 3 aromatic heterocycles. The number of hydrazine groups is 1. The summed E-state index contributed by atoms with van der Waals surface area (Å²) < 4.78 is 40.8. The number of likely N-dealkylation sites (tertiary alicyclic amines) is 1. The van der Waals surface area contributed by atoms with Crippen LogP contribution in [0.4, 0.5) is 19.0 Å². The first kappa shape index (κ1) is 27.0. The molecule has 0 atom stereocenters. The molecule has 2 fully saturated rings. The quantitative estimate of drug-likeness (QED) is 0.297. The van der Waals surface area contributed by atoms with Gasteiger partial charge in [0.2, 0.25) is 0 Å². The monoisotopic (exact) mass is 568 g/mol. The molecule has 0 unspecified atom stereocenters. The number of piperidine rings is 1. The lowest BCUT2D eigenvalue weighted by atomic mass is 10.0. The van der Waals surface area contributed by atoms with Gasteiger partial charge in [0.05, 0.1) is 11.8 Å². The third-order valence-electron chi connectivity index (χ3n) is 8.01. The highest BCUT2D eigenvalue weighted by Crippen LogP contribution is 2.33. The number of alkyl halides is 3. The number of hydrogen-bond donors (Lipinski definition) is 3. The number of hydrogen-bond acceptors (Lipinski definition) is 8. The smallest absolute Gasteiger partial charge is 0.367 e. The molecule has 0 saturated carbocycles. The highest BCUT2D eigenvalue weighted by atomic mass is 32.1. The maximum atomic E-state index is 12.9. The van der Waals surface area contributed by atoms with Gasteiger partial charge in [-0.1, -0.05) is 6.07 Å². The fraction of sp³-hybridized carbons (Fsp3) is 0.464. The minimum Gasteiger partial charge on any atom is -0.367 e. The fourth-order valence-electron chi connectivity index (χ4n) is 5.85. The van der Waals surface area contributed by atoms with Crippen LogP contribution in [0.1, 0.15) is 34.5 Å². The van der Waals surface area contributed by atoms with Crippen molar-refractivity contribution >= 4 is 38.3 Å². The lowest BCUT2D eigenvalue weighted by molar-refractivity contribution is -0.126. The molecule has 0 bridgehead atoms. The average Bonchev–Trinajstić information content (AvgIpc) is 3.66. The van der Waals surface area contributed by atoms with Crippen molar-refractivity contribution < 1.29 is 13.2 Å². The van der Waals surface area contributed by atoms with Gasteiger partial charge in [-0.15, -0.1) is 11.3 Å². The van der Waals surface area contributed by atoms with Gasteiger partial charge in [-0.05, 0) is 49.1 Å². The van der Waals surface area contributed by atoms with Crippen LogP contribution >= 0.6 is 11.3 Å². The molecule has 0 radical (unpaired) electrons. The van der Waals surface area contributed by atoms with Crippen molar-refractivity contribution in [1.82, 2.24) is 30.3 Å². The van der Waals surface area contributed by atoms with Crippen molar-refractivity contribution in [3.05, 3.63) is 52.3 Å². The van der Waals surface area contributed by atoms with E-state index in [9.17, 15) is 18.4 Å². The Morgan fingerprint density at radius 1 is 1.12 bits per heavy atom. The second-order valence-corrected chi connectivity index (χ2v) is 11.9. The Hall–Kier alpha value is -3.24. The molecule has 4 aromatic rings. The van der Waals surface area contributed by atoms with Crippen molar-refractivity contribution in [2.75, 3.05) is 31.5 Å². The van der Waals surface area contributed by atoms with E-state index in [1.165, 1.54) is 17.5 Å². The van der Waals surface area contributed by atoms with Crippen LogP contribution in [-0.4, -0.2) is 57.8 Å². The molecule has 2 aliphatic rings. The number of nitrogens with one attached hydrogen (secondary N) is 3. The number of aryl methyl sites for hydroxylation is 1. The van der Waals surface area contributed by atoms with Gasteiger partial charge in [0.25, 0.3) is 0 Å². The summed E-state index contributed by atoms with van der Waals surface area (Å²) in [6.07, 6.45) is -1.96. The Labute approximate surface area is 234 Å². The van der Waals surface area contributed by atoms with Crippen LogP contribution in [-0.2, 0) is 19.5 Å². The lowest BCUT2D eigenvalue weighted by Gasteiger charge is -2.33. The van der Waals surface area contributed by atoms with Crippen LogP contribution in [0.25, 0.3) is 21.1 Å². The van der Waals surface area contributed by atoms with E-state index in [1.807, 2.05) is 6.07 Å². The predicted molar refractivity (Wildman–Crippen MR) is 150 cm³/mol. The third kappa shape index (κ3) is 5.65. The Kier molecular flexibility index (Phi) is 7.39. The van der Waals surface area contributed by atoms with Crippen LogP contribution in [0.3, 0.4) is 0 Å². The number of anilines is 1. The van der Waals surface area contributed by atoms with Crippen LogP contribution < -0.4 is 16.2 Å². The number of halogens is 3. The number of aromatic nitrogens is 3. The number of benzene rings is 1. The van der Waals surface area contributed by atoms with Crippen LogP contribution in [0.5, 0.6) is 0 Å². The molecule has 0 aliphatic carbocycles. The van der Waals surface area contributed by atoms with Gasteiger partial charge in [0.1, 0.15) is 28.7 Å². The van der Waals surface area contributed by atoms with Crippen LogP contribution in [0.15, 0.2) is 30.6 Å². The lowest BCUT2D eigenvalue weighted by Crippen LogP contribution is -2.39. The van der Waals surface area contributed by atoms with Crippen molar-refractivity contribution in [3.63, 3.8) is 0 Å². The van der Waals surface area contributed by atoms with Gasteiger partial charge in [0, 0.05) is 67.0 Å². The molecule has 210 valence electrons. The SMILES string of the molecule is Cc1c(CN2CCC(Nc3ncnc4sc(CC(F)(F)F)cc34)CC2)ccc2c1cc(C#N)n2CC1CNNC1. The van der Waals surface area contributed by atoms with Crippen molar-refractivity contribution in [2.24, 2.45) is 5.92 Å². The molecule has 1 aromatic carbocycles. The summed E-state index contributed by atoms with van der Waals surface area (Å²) in [7, 11) is 0. The molecule has 6 rings (SSSR count). The number of rotatable bonds is 7. The molecule has 2 aliphatic heterocycles. The van der Waals surface area contributed by atoms with Crippen LogP contribution in [0, 0.1) is 24.2 Å². The molecule has 40 heavy (non-hydrogen) atoms. The van der Waals surface area contributed by atoms with E-state index >= 15 is 0 Å². The fourth-order valence-corrected chi connectivity index (χ4v) is 6.88. The summed E-state index contributed by atoms with van der Waals surface area (Å²) in [5.41, 5.74) is 10.6. The van der Waals surface area contributed by atoms with E-state index in [-0.39, 0.29) is 10.9 Å². The largest absolute Gasteiger partial charge is 0.393 e. The molecule has 0 spiro atoms. The Morgan fingerprint density at radius 3 is 2.62 bits per heavy atom. The van der Waals surface area contributed by atoms with Gasteiger partial charge in [-0.25, -0.2) is 9.97 Å². The molecule has 2 saturated heterocycles. The summed E-state index contributed by atoms with van der Waals surface area (Å²) in [5.74, 6) is 1.05. The van der Waals surface area contributed by atoms with Gasteiger partial charge in [-0.2, -0.15) is 18.4 Å². The molecule has 0 amide bonds. The first-order chi connectivity index (χ1) is 19.3. The second kappa shape index (κ2) is 11.0. The summed E-state index contributed by atoms with van der Waals surface area (Å²) >= 11 is 1.07. The maximum Gasteiger partial charge on any atom is 0.393 e. The first-order valence-electron chi connectivity index (χ1n) is 13.5. The highest BCUT2D eigenvalue weighted by Gasteiger charge is 2.29.